The third-order valence-corrected chi connectivity index (χ3v) is 7.39. The van der Waals surface area contributed by atoms with Crippen molar-refractivity contribution in [3.8, 4) is 0 Å². The Kier molecular flexibility index (Phi) is 12.3. The molecule has 3 atom stereocenters. The van der Waals surface area contributed by atoms with Crippen LogP contribution < -0.4 is 0 Å². The Bertz CT molecular complexity index is 1370. The van der Waals surface area contributed by atoms with Gasteiger partial charge in [0, 0.05) is 19.0 Å². The molecule has 1 N–H and O–H groups in total. The molecule has 1 fully saturated rings. The summed E-state index contributed by atoms with van der Waals surface area (Å²) in [6.07, 6.45) is -2.31. The van der Waals surface area contributed by atoms with Gasteiger partial charge >= 0.3 is 24.1 Å². The summed E-state index contributed by atoms with van der Waals surface area (Å²) in [4.78, 5) is 68.6. The number of likely N-dealkylation sites (tertiary alicyclic amines) is 1. The first-order chi connectivity index (χ1) is 22.0. The Hall–Kier alpha value is -4.29. The second kappa shape index (κ2) is 15.5. The number of imide groups is 1. The molecule has 12 nitrogen and oxygen atoms in total. The van der Waals surface area contributed by atoms with E-state index in [2.05, 4.69) is 0 Å². The molecule has 0 aromatic heterocycles. The van der Waals surface area contributed by atoms with Crippen LogP contribution in [0.15, 0.2) is 60.7 Å². The number of ether oxygens (including phenoxy) is 4. The molecular formula is C35H46N2O10. The standard InChI is InChI=1S/C35H46N2O10/c1-33(2,3)46-31(41)37(32(42)47-34(4,5)6)27(29(39)44-7)19-18-26-22-28(38)35(43,30(40)45-23-25-16-12-9-13-17-25)36(26)21-20-24-14-10-8-11-15-24/h8-17,26-27,43H,18-23H2,1-7H3/t26?,27-,35?/m0/s1. The van der Waals surface area contributed by atoms with Gasteiger partial charge in [0.2, 0.25) is 0 Å². The molecule has 2 aromatic rings. The first-order valence-corrected chi connectivity index (χ1v) is 15.6. The van der Waals surface area contributed by atoms with Crippen LogP contribution in [0, 0.1) is 0 Å². The zero-order chi connectivity index (χ0) is 35.0. The van der Waals surface area contributed by atoms with Crippen LogP contribution >= 0.6 is 0 Å². The van der Waals surface area contributed by atoms with E-state index in [4.69, 9.17) is 18.9 Å². The van der Waals surface area contributed by atoms with Crippen LogP contribution in [0.1, 0.15) is 71.9 Å². The van der Waals surface area contributed by atoms with Crippen molar-refractivity contribution >= 4 is 29.9 Å². The van der Waals surface area contributed by atoms with Crippen LogP contribution in [0.5, 0.6) is 0 Å². The largest absolute Gasteiger partial charge is 0.467 e. The molecule has 12 heteroatoms. The van der Waals surface area contributed by atoms with E-state index >= 15 is 0 Å². The molecule has 256 valence electrons. The van der Waals surface area contributed by atoms with Crippen molar-refractivity contribution in [1.82, 2.24) is 9.80 Å². The van der Waals surface area contributed by atoms with Crippen LogP contribution in [0.25, 0.3) is 0 Å². The van der Waals surface area contributed by atoms with E-state index in [1.165, 1.54) is 4.90 Å². The Morgan fingerprint density at radius 1 is 0.894 bits per heavy atom. The summed E-state index contributed by atoms with van der Waals surface area (Å²) in [5.74, 6) is -2.80. The lowest BCUT2D eigenvalue weighted by Crippen LogP contribution is -2.58. The first kappa shape index (κ1) is 37.2. The lowest BCUT2D eigenvalue weighted by Gasteiger charge is -2.35. The molecule has 1 saturated heterocycles. The fourth-order valence-electron chi connectivity index (χ4n) is 5.23. The molecule has 0 spiro atoms. The van der Waals surface area contributed by atoms with E-state index in [1.54, 1.807) is 65.8 Å². The Morgan fingerprint density at radius 3 is 1.89 bits per heavy atom. The third-order valence-electron chi connectivity index (χ3n) is 7.39. The number of nitrogens with zero attached hydrogens (tertiary/aromatic N) is 2. The van der Waals surface area contributed by atoms with Crippen LogP contribution in [0.4, 0.5) is 9.59 Å². The fourth-order valence-corrected chi connectivity index (χ4v) is 5.23. The van der Waals surface area contributed by atoms with Crippen LogP contribution in [-0.2, 0) is 46.4 Å². The minimum absolute atomic E-state index is 0.00331. The van der Waals surface area contributed by atoms with Crippen LogP contribution in [-0.4, -0.2) is 87.5 Å². The van der Waals surface area contributed by atoms with Gasteiger partial charge in [-0.15, -0.1) is 0 Å². The molecule has 3 rings (SSSR count). The Labute approximate surface area is 275 Å². The molecular weight excluding hydrogens is 608 g/mol. The summed E-state index contributed by atoms with van der Waals surface area (Å²) in [7, 11) is 1.12. The van der Waals surface area contributed by atoms with Gasteiger partial charge in [-0.05, 0) is 71.9 Å². The molecule has 0 bridgehead atoms. The van der Waals surface area contributed by atoms with Gasteiger partial charge in [0.05, 0.1) is 7.11 Å². The Balaban J connectivity index is 1.93. The molecule has 1 aliphatic rings. The van der Waals surface area contributed by atoms with E-state index in [0.717, 1.165) is 12.7 Å². The molecule has 47 heavy (non-hydrogen) atoms. The molecule has 1 heterocycles. The molecule has 2 aromatic carbocycles. The van der Waals surface area contributed by atoms with Crippen molar-refractivity contribution in [2.24, 2.45) is 0 Å². The third kappa shape index (κ3) is 10.1. The predicted molar refractivity (Wildman–Crippen MR) is 171 cm³/mol. The normalized spacial score (nSPS) is 19.1. The maximum Gasteiger partial charge on any atom is 0.420 e. The highest BCUT2D eigenvalue weighted by Crippen LogP contribution is 2.34. The quantitative estimate of drug-likeness (QED) is 0.202. The van der Waals surface area contributed by atoms with Crippen molar-refractivity contribution in [2.75, 3.05) is 13.7 Å². The van der Waals surface area contributed by atoms with Crippen molar-refractivity contribution in [1.29, 1.82) is 0 Å². The minimum Gasteiger partial charge on any atom is -0.467 e. The van der Waals surface area contributed by atoms with Crippen molar-refractivity contribution < 1.29 is 48.0 Å². The number of carbonyl (C=O) groups excluding carboxylic acids is 5. The second-order valence-electron chi connectivity index (χ2n) is 13.4. The summed E-state index contributed by atoms with van der Waals surface area (Å²) in [6, 6.07) is 15.9. The van der Waals surface area contributed by atoms with Gasteiger partial charge in [0.15, 0.2) is 5.78 Å². The maximum absolute atomic E-state index is 13.4. The first-order valence-electron chi connectivity index (χ1n) is 15.6. The summed E-state index contributed by atoms with van der Waals surface area (Å²) in [5, 5.41) is 11.7. The maximum atomic E-state index is 13.4. The zero-order valence-corrected chi connectivity index (χ0v) is 28.2. The number of methoxy groups -OCH3 is 1. The molecule has 1 aliphatic heterocycles. The summed E-state index contributed by atoms with van der Waals surface area (Å²) < 4.78 is 21.3. The van der Waals surface area contributed by atoms with E-state index in [0.29, 0.717) is 16.9 Å². The number of amides is 2. The Morgan fingerprint density at radius 2 is 1.40 bits per heavy atom. The average molecular weight is 655 g/mol. The number of hydrogen-bond acceptors (Lipinski definition) is 11. The molecule has 0 radical (unpaired) electrons. The number of aliphatic hydroxyl groups is 1. The van der Waals surface area contributed by atoms with Gasteiger partial charge in [-0.3, -0.25) is 9.69 Å². The highest BCUT2D eigenvalue weighted by molar-refractivity contribution is 6.08. The number of esters is 2. The summed E-state index contributed by atoms with van der Waals surface area (Å²) in [6.45, 7) is 9.58. The summed E-state index contributed by atoms with van der Waals surface area (Å²) in [5.41, 5.74) is -3.04. The van der Waals surface area contributed by atoms with Gasteiger partial charge in [0.1, 0.15) is 23.9 Å². The SMILES string of the molecule is COC(=O)[C@H](CCC1CC(=O)C(O)(C(=O)OCc2ccccc2)N1CCc1ccccc1)N(C(=O)OC(C)(C)C)C(=O)OC(C)(C)C. The molecule has 0 aliphatic carbocycles. The van der Waals surface area contributed by atoms with E-state index in [-0.39, 0.29) is 32.4 Å². The summed E-state index contributed by atoms with van der Waals surface area (Å²) >= 11 is 0. The van der Waals surface area contributed by atoms with Crippen LogP contribution in [0.2, 0.25) is 0 Å². The van der Waals surface area contributed by atoms with Crippen molar-refractivity contribution in [3.63, 3.8) is 0 Å². The molecule has 2 unspecified atom stereocenters. The monoisotopic (exact) mass is 654 g/mol. The van der Waals surface area contributed by atoms with Crippen molar-refractivity contribution in [3.05, 3.63) is 71.8 Å². The average Bonchev–Trinajstić information content (AvgIpc) is 3.24. The van der Waals surface area contributed by atoms with Gasteiger partial charge in [0.25, 0.3) is 5.72 Å². The van der Waals surface area contributed by atoms with Crippen molar-refractivity contribution in [2.45, 2.75) is 103 Å². The van der Waals surface area contributed by atoms with Gasteiger partial charge in [-0.1, -0.05) is 60.7 Å². The smallest absolute Gasteiger partial charge is 0.420 e. The van der Waals surface area contributed by atoms with Gasteiger partial charge < -0.3 is 24.1 Å². The topological polar surface area (TPSA) is 149 Å². The van der Waals surface area contributed by atoms with E-state index < -0.39 is 58.9 Å². The number of Topliss-reactive ketones (excluding diaryl/α,β-unsaturated/α-hetero) is 1. The van der Waals surface area contributed by atoms with E-state index in [9.17, 15) is 29.1 Å². The second-order valence-corrected chi connectivity index (χ2v) is 13.4. The highest BCUT2D eigenvalue weighted by atomic mass is 16.6. The lowest BCUT2D eigenvalue weighted by atomic mass is 10.0. The van der Waals surface area contributed by atoms with Gasteiger partial charge in [-0.25, -0.2) is 19.2 Å². The van der Waals surface area contributed by atoms with Crippen LogP contribution in [0.3, 0.4) is 0 Å². The fraction of sp³-hybridized carbons (Fsp3) is 0.514. The number of carbonyl (C=O) groups is 5. The predicted octanol–water partition coefficient (Wildman–Crippen LogP) is 4.80. The highest BCUT2D eigenvalue weighted by Gasteiger charge is 2.58. The van der Waals surface area contributed by atoms with E-state index in [1.807, 2.05) is 36.4 Å². The lowest BCUT2D eigenvalue weighted by molar-refractivity contribution is -0.188. The zero-order valence-electron chi connectivity index (χ0n) is 28.2. The number of benzene rings is 2. The minimum atomic E-state index is -2.59. The van der Waals surface area contributed by atoms with Gasteiger partial charge in [-0.2, -0.15) is 4.90 Å². The molecule has 2 amide bonds. The number of hydrogen-bond donors (Lipinski definition) is 1. The molecule has 0 saturated carbocycles. The number of ketones is 1. The number of rotatable bonds is 11.